The van der Waals surface area contributed by atoms with Gasteiger partial charge in [-0.2, -0.15) is 0 Å². The molecule has 0 amide bonds. The standard InChI is InChI=1S/C13H19NO6S/c1-4-20-13(15)7-8-14-21(16,17)10-5-6-11(18-2)12(9-10)19-3/h5-6,9,14H,4,7-8H2,1-3H3. The molecular formula is C13H19NO6S. The van der Waals surface area contributed by atoms with Crippen molar-refractivity contribution in [1.82, 2.24) is 4.72 Å². The summed E-state index contributed by atoms with van der Waals surface area (Å²) in [6, 6.07) is 4.25. The molecule has 0 aliphatic heterocycles. The Hall–Kier alpha value is -1.80. The fraction of sp³-hybridized carbons (Fsp3) is 0.462. The molecule has 0 bridgehead atoms. The molecule has 0 aliphatic rings. The molecule has 0 spiro atoms. The molecule has 1 N–H and O–H groups in total. The third-order valence-corrected chi connectivity index (χ3v) is 4.05. The van der Waals surface area contributed by atoms with Crippen LogP contribution in [0.2, 0.25) is 0 Å². The Bertz CT molecular complexity index is 584. The molecule has 7 nitrogen and oxygen atoms in total. The smallest absolute Gasteiger partial charge is 0.307 e. The quantitative estimate of drug-likeness (QED) is 0.717. The van der Waals surface area contributed by atoms with E-state index in [1.807, 2.05) is 0 Å². The molecule has 0 fully saturated rings. The van der Waals surface area contributed by atoms with Gasteiger partial charge in [-0.3, -0.25) is 4.79 Å². The minimum atomic E-state index is -3.72. The Morgan fingerprint density at radius 3 is 2.43 bits per heavy atom. The maximum atomic E-state index is 12.1. The summed E-state index contributed by atoms with van der Waals surface area (Å²) in [7, 11) is -0.841. The second kappa shape index (κ2) is 7.84. The lowest BCUT2D eigenvalue weighted by Crippen LogP contribution is -2.26. The fourth-order valence-electron chi connectivity index (χ4n) is 1.59. The van der Waals surface area contributed by atoms with E-state index >= 15 is 0 Å². The molecule has 1 rings (SSSR count). The maximum absolute atomic E-state index is 12.1. The van der Waals surface area contributed by atoms with Crippen molar-refractivity contribution < 1.29 is 27.4 Å². The summed E-state index contributed by atoms with van der Waals surface area (Å²) in [5.74, 6) is 0.293. The van der Waals surface area contributed by atoms with Crippen molar-refractivity contribution in [2.24, 2.45) is 0 Å². The molecule has 1 aromatic rings. The Balaban J connectivity index is 2.76. The molecule has 118 valence electrons. The molecule has 0 unspecified atom stereocenters. The van der Waals surface area contributed by atoms with Crippen LogP contribution in [-0.2, 0) is 19.6 Å². The van der Waals surface area contributed by atoms with Crippen LogP contribution in [0.15, 0.2) is 23.1 Å². The molecule has 0 aromatic heterocycles. The van der Waals surface area contributed by atoms with Crippen LogP contribution in [0.25, 0.3) is 0 Å². The lowest BCUT2D eigenvalue weighted by atomic mass is 10.3. The number of hydrogen-bond acceptors (Lipinski definition) is 6. The van der Waals surface area contributed by atoms with Crippen LogP contribution in [0.5, 0.6) is 11.5 Å². The van der Waals surface area contributed by atoms with Crippen LogP contribution in [0, 0.1) is 0 Å². The average Bonchev–Trinajstić information content (AvgIpc) is 2.46. The molecule has 21 heavy (non-hydrogen) atoms. The first-order valence-corrected chi connectivity index (χ1v) is 7.80. The zero-order valence-electron chi connectivity index (χ0n) is 12.2. The summed E-state index contributed by atoms with van der Waals surface area (Å²) in [6.45, 7) is 1.92. The topological polar surface area (TPSA) is 90.9 Å². The fourth-order valence-corrected chi connectivity index (χ4v) is 2.63. The van der Waals surface area contributed by atoms with Gasteiger partial charge < -0.3 is 14.2 Å². The van der Waals surface area contributed by atoms with Crippen molar-refractivity contribution in [1.29, 1.82) is 0 Å². The summed E-state index contributed by atoms with van der Waals surface area (Å²) < 4.78 is 41.3. The molecule has 0 saturated heterocycles. The average molecular weight is 317 g/mol. The number of benzene rings is 1. The number of carbonyl (C=O) groups excluding carboxylic acids is 1. The van der Waals surface area contributed by atoms with E-state index in [4.69, 9.17) is 14.2 Å². The number of esters is 1. The second-order valence-corrected chi connectivity index (χ2v) is 5.74. The first-order chi connectivity index (χ1) is 9.94. The van der Waals surface area contributed by atoms with E-state index in [1.165, 1.54) is 32.4 Å². The van der Waals surface area contributed by atoms with Gasteiger partial charge >= 0.3 is 5.97 Å². The highest BCUT2D eigenvalue weighted by molar-refractivity contribution is 7.89. The number of rotatable bonds is 8. The first-order valence-electron chi connectivity index (χ1n) is 6.32. The molecule has 0 atom stereocenters. The third kappa shape index (κ3) is 4.91. The van der Waals surface area contributed by atoms with Crippen LogP contribution in [0.3, 0.4) is 0 Å². The van der Waals surface area contributed by atoms with E-state index in [2.05, 4.69) is 4.72 Å². The third-order valence-electron chi connectivity index (χ3n) is 2.59. The van der Waals surface area contributed by atoms with E-state index in [9.17, 15) is 13.2 Å². The number of nitrogens with one attached hydrogen (secondary N) is 1. The Morgan fingerprint density at radius 2 is 1.86 bits per heavy atom. The lowest BCUT2D eigenvalue weighted by molar-refractivity contribution is -0.142. The van der Waals surface area contributed by atoms with Crippen LogP contribution < -0.4 is 14.2 Å². The number of sulfonamides is 1. The summed E-state index contributed by atoms with van der Waals surface area (Å²) in [5, 5.41) is 0. The minimum absolute atomic E-state index is 0.0274. The molecule has 0 aliphatic carbocycles. The van der Waals surface area contributed by atoms with Crippen LogP contribution in [0.1, 0.15) is 13.3 Å². The van der Waals surface area contributed by atoms with Gasteiger partial charge in [0, 0.05) is 12.6 Å². The number of ether oxygens (including phenoxy) is 3. The molecule has 1 aromatic carbocycles. The zero-order chi connectivity index (χ0) is 15.9. The maximum Gasteiger partial charge on any atom is 0.307 e. The van der Waals surface area contributed by atoms with Gasteiger partial charge in [0.15, 0.2) is 11.5 Å². The highest BCUT2D eigenvalue weighted by atomic mass is 32.2. The van der Waals surface area contributed by atoms with Crippen LogP contribution in [-0.4, -0.2) is 41.8 Å². The van der Waals surface area contributed by atoms with Crippen LogP contribution in [0.4, 0.5) is 0 Å². The number of carbonyl (C=O) groups is 1. The van der Waals surface area contributed by atoms with Gasteiger partial charge in [0.25, 0.3) is 0 Å². The second-order valence-electron chi connectivity index (χ2n) is 3.97. The zero-order valence-corrected chi connectivity index (χ0v) is 13.0. The predicted molar refractivity (Wildman–Crippen MR) is 76.0 cm³/mol. The predicted octanol–water partition coefficient (Wildman–Crippen LogP) is 0.935. The van der Waals surface area contributed by atoms with Gasteiger partial charge in [0.05, 0.1) is 32.1 Å². The number of methoxy groups -OCH3 is 2. The molecule has 0 saturated carbocycles. The summed E-state index contributed by atoms with van der Waals surface area (Å²) in [5.41, 5.74) is 0. The highest BCUT2D eigenvalue weighted by Gasteiger charge is 2.17. The summed E-state index contributed by atoms with van der Waals surface area (Å²) in [4.78, 5) is 11.2. The van der Waals surface area contributed by atoms with Gasteiger partial charge in [-0.15, -0.1) is 0 Å². The summed E-state index contributed by atoms with van der Waals surface area (Å²) in [6.07, 6.45) is -0.0274. The van der Waals surface area contributed by atoms with Gasteiger partial charge in [-0.25, -0.2) is 13.1 Å². The van der Waals surface area contributed by atoms with E-state index in [0.29, 0.717) is 11.5 Å². The summed E-state index contributed by atoms with van der Waals surface area (Å²) >= 11 is 0. The molecular weight excluding hydrogens is 298 g/mol. The minimum Gasteiger partial charge on any atom is -0.493 e. The van der Waals surface area contributed by atoms with Crippen molar-refractivity contribution in [2.75, 3.05) is 27.4 Å². The normalized spacial score (nSPS) is 11.0. The highest BCUT2D eigenvalue weighted by Crippen LogP contribution is 2.29. The molecule has 0 radical (unpaired) electrons. The van der Waals surface area contributed by atoms with Crippen molar-refractivity contribution in [3.63, 3.8) is 0 Å². The van der Waals surface area contributed by atoms with Crippen LogP contribution >= 0.6 is 0 Å². The monoisotopic (exact) mass is 317 g/mol. The first kappa shape index (κ1) is 17.3. The van der Waals surface area contributed by atoms with Crippen molar-refractivity contribution in [2.45, 2.75) is 18.2 Å². The van der Waals surface area contributed by atoms with E-state index in [1.54, 1.807) is 6.92 Å². The lowest BCUT2D eigenvalue weighted by Gasteiger charge is -2.10. The van der Waals surface area contributed by atoms with Gasteiger partial charge in [-0.1, -0.05) is 0 Å². The Morgan fingerprint density at radius 1 is 1.19 bits per heavy atom. The Labute approximate surface area is 124 Å². The number of hydrogen-bond donors (Lipinski definition) is 1. The van der Waals surface area contributed by atoms with E-state index in [0.717, 1.165) is 0 Å². The largest absolute Gasteiger partial charge is 0.493 e. The molecule has 0 heterocycles. The molecule has 8 heteroatoms. The van der Waals surface area contributed by atoms with Gasteiger partial charge in [0.1, 0.15) is 0 Å². The van der Waals surface area contributed by atoms with Gasteiger partial charge in [-0.05, 0) is 19.1 Å². The van der Waals surface area contributed by atoms with Crippen molar-refractivity contribution >= 4 is 16.0 Å². The Kier molecular flexibility index (Phi) is 6.44. The van der Waals surface area contributed by atoms with Gasteiger partial charge in [0.2, 0.25) is 10.0 Å². The SMILES string of the molecule is CCOC(=O)CCNS(=O)(=O)c1ccc(OC)c(OC)c1. The van der Waals surface area contributed by atoms with E-state index in [-0.39, 0.29) is 24.5 Å². The van der Waals surface area contributed by atoms with E-state index < -0.39 is 16.0 Å². The van der Waals surface area contributed by atoms with Crippen molar-refractivity contribution in [3.8, 4) is 11.5 Å². The van der Waals surface area contributed by atoms with Crippen molar-refractivity contribution in [3.05, 3.63) is 18.2 Å².